The minimum Gasteiger partial charge on any atom is -0.353 e. The Morgan fingerprint density at radius 3 is 2.69 bits per heavy atom. The lowest BCUT2D eigenvalue weighted by molar-refractivity contribution is 0.597. The molecule has 0 saturated heterocycles. The molecular formula is C12H23N3S. The largest absolute Gasteiger partial charge is 0.353 e. The van der Waals surface area contributed by atoms with Gasteiger partial charge in [0.1, 0.15) is 0 Å². The molecule has 1 aromatic heterocycles. The second-order valence-electron chi connectivity index (χ2n) is 4.53. The SMILES string of the molecule is CSCCC(C)Nc1nc(C)cn1C(C)C. The van der Waals surface area contributed by atoms with Crippen molar-refractivity contribution in [3.05, 3.63) is 11.9 Å². The van der Waals surface area contributed by atoms with Gasteiger partial charge in [0.05, 0.1) is 5.69 Å². The third-order valence-electron chi connectivity index (χ3n) is 2.54. The molecule has 16 heavy (non-hydrogen) atoms. The molecule has 4 heteroatoms. The molecule has 0 bridgehead atoms. The van der Waals surface area contributed by atoms with Gasteiger partial charge in [0, 0.05) is 18.3 Å². The number of aryl methyl sites for hydroxylation is 1. The van der Waals surface area contributed by atoms with Gasteiger partial charge in [-0.1, -0.05) is 0 Å². The van der Waals surface area contributed by atoms with Crippen LogP contribution in [-0.2, 0) is 0 Å². The normalized spacial score (nSPS) is 13.1. The van der Waals surface area contributed by atoms with Crippen molar-refractivity contribution < 1.29 is 0 Å². The summed E-state index contributed by atoms with van der Waals surface area (Å²) in [6, 6.07) is 0.934. The monoisotopic (exact) mass is 241 g/mol. The van der Waals surface area contributed by atoms with Crippen LogP contribution in [0, 0.1) is 6.92 Å². The fourth-order valence-electron chi connectivity index (χ4n) is 1.60. The smallest absolute Gasteiger partial charge is 0.203 e. The van der Waals surface area contributed by atoms with Gasteiger partial charge in [-0.05, 0) is 46.1 Å². The highest BCUT2D eigenvalue weighted by Crippen LogP contribution is 2.17. The Morgan fingerprint density at radius 1 is 1.44 bits per heavy atom. The standard InChI is InChI=1S/C12H23N3S/c1-9(2)15-8-11(4)14-12(15)13-10(3)6-7-16-5/h8-10H,6-7H2,1-5H3,(H,13,14). The lowest BCUT2D eigenvalue weighted by atomic mass is 10.3. The van der Waals surface area contributed by atoms with E-state index in [9.17, 15) is 0 Å². The van der Waals surface area contributed by atoms with Crippen LogP contribution in [0.4, 0.5) is 5.95 Å². The topological polar surface area (TPSA) is 29.9 Å². The predicted molar refractivity (Wildman–Crippen MR) is 73.4 cm³/mol. The minimum atomic E-state index is 0.455. The zero-order chi connectivity index (χ0) is 12.1. The molecule has 0 saturated carbocycles. The van der Waals surface area contributed by atoms with E-state index in [4.69, 9.17) is 0 Å². The van der Waals surface area contributed by atoms with Gasteiger partial charge in [0.25, 0.3) is 0 Å². The highest BCUT2D eigenvalue weighted by molar-refractivity contribution is 7.98. The summed E-state index contributed by atoms with van der Waals surface area (Å²) in [6.07, 6.45) is 5.42. The van der Waals surface area contributed by atoms with Crippen LogP contribution in [0.1, 0.15) is 38.9 Å². The highest BCUT2D eigenvalue weighted by Gasteiger charge is 2.10. The van der Waals surface area contributed by atoms with Crippen LogP contribution in [0.25, 0.3) is 0 Å². The molecule has 1 aromatic rings. The Morgan fingerprint density at radius 2 is 2.12 bits per heavy atom. The van der Waals surface area contributed by atoms with Crippen molar-refractivity contribution in [1.29, 1.82) is 0 Å². The summed E-state index contributed by atoms with van der Waals surface area (Å²) in [7, 11) is 0. The molecule has 0 amide bonds. The van der Waals surface area contributed by atoms with Gasteiger partial charge in [-0.3, -0.25) is 0 Å². The summed E-state index contributed by atoms with van der Waals surface area (Å²) >= 11 is 1.89. The molecule has 0 fully saturated rings. The van der Waals surface area contributed by atoms with Crippen LogP contribution in [-0.4, -0.2) is 27.6 Å². The number of anilines is 1. The first-order valence-corrected chi connectivity index (χ1v) is 7.25. The number of nitrogens with one attached hydrogen (secondary N) is 1. The molecule has 0 aliphatic heterocycles. The molecular weight excluding hydrogens is 218 g/mol. The van der Waals surface area contributed by atoms with Crippen molar-refractivity contribution in [3.8, 4) is 0 Å². The van der Waals surface area contributed by atoms with E-state index >= 15 is 0 Å². The third kappa shape index (κ3) is 3.74. The zero-order valence-corrected chi connectivity index (χ0v) is 11.8. The average Bonchev–Trinajstić information content (AvgIpc) is 2.56. The maximum Gasteiger partial charge on any atom is 0.203 e. The van der Waals surface area contributed by atoms with Crippen molar-refractivity contribution >= 4 is 17.7 Å². The zero-order valence-electron chi connectivity index (χ0n) is 10.9. The molecule has 1 atom stereocenters. The van der Waals surface area contributed by atoms with E-state index in [1.807, 2.05) is 18.7 Å². The van der Waals surface area contributed by atoms with Gasteiger partial charge in [-0.15, -0.1) is 0 Å². The lowest BCUT2D eigenvalue weighted by Gasteiger charge is -2.17. The number of hydrogen-bond donors (Lipinski definition) is 1. The minimum absolute atomic E-state index is 0.455. The summed E-state index contributed by atoms with van der Waals surface area (Å²) in [5, 5.41) is 3.49. The van der Waals surface area contributed by atoms with Gasteiger partial charge in [-0.2, -0.15) is 11.8 Å². The van der Waals surface area contributed by atoms with Crippen molar-refractivity contribution in [1.82, 2.24) is 9.55 Å². The molecule has 92 valence electrons. The summed E-state index contributed by atoms with van der Waals surface area (Å²) < 4.78 is 2.20. The molecule has 1 rings (SSSR count). The number of nitrogens with zero attached hydrogens (tertiary/aromatic N) is 2. The number of thioether (sulfide) groups is 1. The second kappa shape index (κ2) is 6.18. The molecule has 1 N–H and O–H groups in total. The average molecular weight is 241 g/mol. The van der Waals surface area contributed by atoms with Gasteiger partial charge in [0.15, 0.2) is 0 Å². The van der Waals surface area contributed by atoms with Gasteiger partial charge in [0.2, 0.25) is 5.95 Å². The molecule has 0 aromatic carbocycles. The van der Waals surface area contributed by atoms with E-state index < -0.39 is 0 Å². The fourth-order valence-corrected chi connectivity index (χ4v) is 2.19. The lowest BCUT2D eigenvalue weighted by Crippen LogP contribution is -2.19. The third-order valence-corrected chi connectivity index (χ3v) is 3.18. The Bertz CT molecular complexity index is 320. The summed E-state index contributed by atoms with van der Waals surface area (Å²) in [6.45, 7) is 8.61. The molecule has 0 spiro atoms. The van der Waals surface area contributed by atoms with Gasteiger partial charge in [-0.25, -0.2) is 4.98 Å². The van der Waals surface area contributed by atoms with E-state index in [0.29, 0.717) is 12.1 Å². The first-order valence-electron chi connectivity index (χ1n) is 5.85. The molecule has 0 aliphatic carbocycles. The first kappa shape index (κ1) is 13.4. The van der Waals surface area contributed by atoms with Gasteiger partial charge >= 0.3 is 0 Å². The molecule has 3 nitrogen and oxygen atoms in total. The number of imidazole rings is 1. The Hall–Kier alpha value is -0.640. The highest BCUT2D eigenvalue weighted by atomic mass is 32.2. The second-order valence-corrected chi connectivity index (χ2v) is 5.52. The Balaban J connectivity index is 2.65. The summed E-state index contributed by atoms with van der Waals surface area (Å²) in [5.41, 5.74) is 1.08. The fraction of sp³-hybridized carbons (Fsp3) is 0.750. The first-order chi connectivity index (χ1) is 7.54. The molecule has 0 aliphatic rings. The van der Waals surface area contributed by atoms with Crippen LogP contribution in [0.3, 0.4) is 0 Å². The Labute approximate surface area is 103 Å². The molecule has 0 radical (unpaired) electrons. The van der Waals surface area contributed by atoms with Crippen molar-refractivity contribution in [3.63, 3.8) is 0 Å². The van der Waals surface area contributed by atoms with E-state index in [2.05, 4.69) is 48.1 Å². The summed E-state index contributed by atoms with van der Waals surface area (Å²) in [4.78, 5) is 4.52. The molecule has 1 heterocycles. The molecule has 1 unspecified atom stereocenters. The predicted octanol–water partition coefficient (Wildman–Crippen LogP) is 3.33. The number of hydrogen-bond acceptors (Lipinski definition) is 3. The Kier molecular flexibility index (Phi) is 5.19. The van der Waals surface area contributed by atoms with Crippen molar-refractivity contribution in [2.45, 2.75) is 46.2 Å². The van der Waals surface area contributed by atoms with E-state index in [1.54, 1.807) is 0 Å². The quantitative estimate of drug-likeness (QED) is 0.828. The van der Waals surface area contributed by atoms with Crippen LogP contribution in [0.15, 0.2) is 6.20 Å². The van der Waals surface area contributed by atoms with E-state index in [1.165, 1.54) is 12.2 Å². The van der Waals surface area contributed by atoms with Crippen LogP contribution >= 0.6 is 11.8 Å². The van der Waals surface area contributed by atoms with Crippen LogP contribution < -0.4 is 5.32 Å². The van der Waals surface area contributed by atoms with Crippen molar-refractivity contribution in [2.24, 2.45) is 0 Å². The van der Waals surface area contributed by atoms with Gasteiger partial charge < -0.3 is 9.88 Å². The number of aromatic nitrogens is 2. The number of rotatable bonds is 6. The van der Waals surface area contributed by atoms with Crippen LogP contribution in [0.2, 0.25) is 0 Å². The maximum atomic E-state index is 4.52. The van der Waals surface area contributed by atoms with E-state index in [-0.39, 0.29) is 0 Å². The van der Waals surface area contributed by atoms with E-state index in [0.717, 1.165) is 11.6 Å². The maximum absolute atomic E-state index is 4.52. The summed E-state index contributed by atoms with van der Waals surface area (Å²) in [5.74, 6) is 2.19. The van der Waals surface area contributed by atoms with Crippen molar-refractivity contribution in [2.75, 3.05) is 17.3 Å². The van der Waals surface area contributed by atoms with Crippen LogP contribution in [0.5, 0.6) is 0 Å².